The standard InChI is InChI=1S/C24H18O7/c1-28-18-9-14(10-19-24(18)30-12-29-19)16-11-20(25)31-17-8-7-15(23(27)21(16)17)22(26)13-5-3-2-4-6-13/h2-10,16,27H,11-12H2,1H3. The first-order valence-corrected chi connectivity index (χ1v) is 9.70. The lowest BCUT2D eigenvalue weighted by atomic mass is 9.83. The van der Waals surface area contributed by atoms with E-state index in [0.717, 1.165) is 0 Å². The van der Waals surface area contributed by atoms with Crippen LogP contribution in [0.4, 0.5) is 0 Å². The SMILES string of the molecule is COc1cc(C2CC(=O)Oc3ccc(C(=O)c4ccccc4)c(O)c32)cc2c1OCO2. The highest BCUT2D eigenvalue weighted by atomic mass is 16.7. The first kappa shape index (κ1) is 19.0. The third kappa shape index (κ3) is 3.15. The van der Waals surface area contributed by atoms with E-state index in [0.29, 0.717) is 33.9 Å². The van der Waals surface area contributed by atoms with Crippen molar-refractivity contribution in [2.45, 2.75) is 12.3 Å². The summed E-state index contributed by atoms with van der Waals surface area (Å²) in [5.41, 5.74) is 1.65. The number of ether oxygens (including phenoxy) is 4. The number of carbonyl (C=O) groups excluding carboxylic acids is 2. The van der Waals surface area contributed by atoms with Crippen LogP contribution in [0.2, 0.25) is 0 Å². The highest BCUT2D eigenvalue weighted by Gasteiger charge is 2.35. The van der Waals surface area contributed by atoms with Crippen LogP contribution < -0.4 is 18.9 Å². The van der Waals surface area contributed by atoms with Crippen molar-refractivity contribution in [3.63, 3.8) is 0 Å². The van der Waals surface area contributed by atoms with Gasteiger partial charge in [0.1, 0.15) is 11.5 Å². The van der Waals surface area contributed by atoms with Crippen LogP contribution in [0, 0.1) is 0 Å². The molecule has 2 aliphatic rings. The number of phenols is 1. The maximum atomic E-state index is 13.0. The lowest BCUT2D eigenvalue weighted by Gasteiger charge is -2.27. The zero-order valence-electron chi connectivity index (χ0n) is 16.6. The zero-order chi connectivity index (χ0) is 21.5. The van der Waals surface area contributed by atoms with Crippen LogP contribution in [0.25, 0.3) is 0 Å². The van der Waals surface area contributed by atoms with Gasteiger partial charge in [0.15, 0.2) is 17.3 Å². The van der Waals surface area contributed by atoms with Gasteiger partial charge in [0.05, 0.1) is 19.1 Å². The summed E-state index contributed by atoms with van der Waals surface area (Å²) in [5, 5.41) is 11.1. The van der Waals surface area contributed by atoms with Gasteiger partial charge in [-0.15, -0.1) is 0 Å². The summed E-state index contributed by atoms with van der Waals surface area (Å²) >= 11 is 0. The minimum absolute atomic E-state index is 0.00760. The molecule has 3 aromatic carbocycles. The number of esters is 1. The van der Waals surface area contributed by atoms with Crippen molar-refractivity contribution in [1.29, 1.82) is 0 Å². The van der Waals surface area contributed by atoms with Crippen molar-refractivity contribution in [2.75, 3.05) is 13.9 Å². The average molecular weight is 418 g/mol. The lowest BCUT2D eigenvalue weighted by molar-refractivity contribution is -0.135. The van der Waals surface area contributed by atoms with Crippen LogP contribution in [0.15, 0.2) is 54.6 Å². The molecule has 0 aromatic heterocycles. The molecule has 5 rings (SSSR count). The Morgan fingerprint density at radius 2 is 1.87 bits per heavy atom. The molecule has 0 radical (unpaired) electrons. The molecule has 156 valence electrons. The van der Waals surface area contributed by atoms with E-state index >= 15 is 0 Å². The topological polar surface area (TPSA) is 91.3 Å². The first-order valence-electron chi connectivity index (χ1n) is 9.70. The summed E-state index contributed by atoms with van der Waals surface area (Å²) in [7, 11) is 1.51. The highest BCUT2D eigenvalue weighted by Crippen LogP contribution is 2.49. The molecule has 0 bridgehead atoms. The highest BCUT2D eigenvalue weighted by molar-refractivity contribution is 6.11. The van der Waals surface area contributed by atoms with Gasteiger partial charge >= 0.3 is 5.97 Å². The number of phenolic OH excluding ortho intramolecular Hbond substituents is 1. The minimum Gasteiger partial charge on any atom is -0.507 e. The van der Waals surface area contributed by atoms with Crippen molar-refractivity contribution in [1.82, 2.24) is 0 Å². The molecule has 0 saturated heterocycles. The maximum Gasteiger partial charge on any atom is 0.312 e. The van der Waals surface area contributed by atoms with E-state index in [1.165, 1.54) is 13.2 Å². The van der Waals surface area contributed by atoms with E-state index in [2.05, 4.69) is 0 Å². The Morgan fingerprint density at radius 1 is 1.06 bits per heavy atom. The molecule has 1 N–H and O–H groups in total. The zero-order valence-corrected chi connectivity index (χ0v) is 16.6. The molecule has 0 spiro atoms. The number of benzene rings is 3. The summed E-state index contributed by atoms with van der Waals surface area (Å²) < 4.78 is 21.7. The number of ketones is 1. The van der Waals surface area contributed by atoms with Gasteiger partial charge in [-0.05, 0) is 29.8 Å². The monoisotopic (exact) mass is 418 g/mol. The third-order valence-corrected chi connectivity index (χ3v) is 5.48. The van der Waals surface area contributed by atoms with Gasteiger partial charge in [0.2, 0.25) is 12.5 Å². The number of carbonyl (C=O) groups is 2. The smallest absolute Gasteiger partial charge is 0.312 e. The molecule has 7 heteroatoms. The van der Waals surface area contributed by atoms with Crippen LogP contribution >= 0.6 is 0 Å². The van der Waals surface area contributed by atoms with Crippen LogP contribution in [0.1, 0.15) is 39.4 Å². The molecule has 0 aliphatic carbocycles. The Bertz CT molecular complexity index is 1200. The van der Waals surface area contributed by atoms with Crippen molar-refractivity contribution in [3.05, 3.63) is 76.9 Å². The Labute approximate surface area is 177 Å². The fourth-order valence-corrected chi connectivity index (χ4v) is 4.01. The molecule has 2 heterocycles. The second kappa shape index (κ2) is 7.36. The quantitative estimate of drug-likeness (QED) is 0.391. The number of hydrogen-bond donors (Lipinski definition) is 1. The fourth-order valence-electron chi connectivity index (χ4n) is 4.01. The molecule has 0 amide bonds. The van der Waals surface area contributed by atoms with Gasteiger partial charge in [0, 0.05) is 17.0 Å². The number of fused-ring (bicyclic) bond motifs is 2. The van der Waals surface area contributed by atoms with E-state index in [1.54, 1.807) is 42.5 Å². The summed E-state index contributed by atoms with van der Waals surface area (Å²) in [4.78, 5) is 25.3. The van der Waals surface area contributed by atoms with Gasteiger partial charge < -0.3 is 24.1 Å². The van der Waals surface area contributed by atoms with E-state index < -0.39 is 11.9 Å². The second-order valence-corrected chi connectivity index (χ2v) is 7.26. The number of rotatable bonds is 4. The molecule has 31 heavy (non-hydrogen) atoms. The Morgan fingerprint density at radius 3 is 2.65 bits per heavy atom. The number of aromatic hydroxyl groups is 1. The largest absolute Gasteiger partial charge is 0.507 e. The summed E-state index contributed by atoms with van der Waals surface area (Å²) in [5.74, 6) is 0.147. The summed E-state index contributed by atoms with van der Waals surface area (Å²) in [6.07, 6.45) is -0.00760. The molecular weight excluding hydrogens is 400 g/mol. The van der Waals surface area contributed by atoms with Gasteiger partial charge in [-0.1, -0.05) is 30.3 Å². The molecular formula is C24H18O7. The van der Waals surface area contributed by atoms with Crippen LogP contribution in [-0.4, -0.2) is 30.8 Å². The third-order valence-electron chi connectivity index (χ3n) is 5.48. The normalized spacial score (nSPS) is 16.4. The second-order valence-electron chi connectivity index (χ2n) is 7.26. The van der Waals surface area contributed by atoms with Gasteiger partial charge in [-0.3, -0.25) is 9.59 Å². The van der Waals surface area contributed by atoms with Crippen molar-refractivity contribution < 1.29 is 33.6 Å². The number of hydrogen-bond acceptors (Lipinski definition) is 7. The van der Waals surface area contributed by atoms with Crippen LogP contribution in [0.3, 0.4) is 0 Å². The summed E-state index contributed by atoms with van der Waals surface area (Å²) in [6.45, 7) is 0.0689. The van der Waals surface area contributed by atoms with Crippen molar-refractivity contribution in [2.24, 2.45) is 0 Å². The first-order chi connectivity index (χ1) is 15.1. The molecule has 1 unspecified atom stereocenters. The van der Waals surface area contributed by atoms with E-state index in [4.69, 9.17) is 18.9 Å². The number of methoxy groups -OCH3 is 1. The fraction of sp³-hybridized carbons (Fsp3) is 0.167. The molecule has 3 aromatic rings. The average Bonchev–Trinajstić information content (AvgIpc) is 3.27. The Balaban J connectivity index is 1.65. The Kier molecular flexibility index (Phi) is 4.51. The predicted molar refractivity (Wildman–Crippen MR) is 109 cm³/mol. The minimum atomic E-state index is -0.553. The molecule has 2 aliphatic heterocycles. The molecule has 0 fully saturated rings. The van der Waals surface area contributed by atoms with Crippen molar-refractivity contribution in [3.8, 4) is 28.7 Å². The van der Waals surface area contributed by atoms with Crippen LogP contribution in [-0.2, 0) is 4.79 Å². The van der Waals surface area contributed by atoms with E-state index in [9.17, 15) is 14.7 Å². The summed E-state index contributed by atoms with van der Waals surface area (Å²) in [6, 6.07) is 15.2. The Hall–Kier alpha value is -4.00. The van der Waals surface area contributed by atoms with Gasteiger partial charge in [-0.2, -0.15) is 0 Å². The maximum absolute atomic E-state index is 13.0. The van der Waals surface area contributed by atoms with Gasteiger partial charge in [0.25, 0.3) is 0 Å². The molecule has 1 atom stereocenters. The lowest BCUT2D eigenvalue weighted by Crippen LogP contribution is -2.22. The van der Waals surface area contributed by atoms with Crippen molar-refractivity contribution >= 4 is 11.8 Å². The predicted octanol–water partition coefficient (Wildman–Crippen LogP) is 3.80. The molecule has 7 nitrogen and oxygen atoms in total. The van der Waals surface area contributed by atoms with E-state index in [-0.39, 0.29) is 36.1 Å². The molecule has 0 saturated carbocycles. The van der Waals surface area contributed by atoms with Gasteiger partial charge in [-0.25, -0.2) is 0 Å². The van der Waals surface area contributed by atoms with Crippen LogP contribution in [0.5, 0.6) is 28.7 Å². The van der Waals surface area contributed by atoms with E-state index in [1.807, 2.05) is 6.07 Å².